The number of benzene rings is 1. The van der Waals surface area contributed by atoms with Gasteiger partial charge in [-0.3, -0.25) is 0 Å². The number of hydrogen-bond donors (Lipinski definition) is 2. The van der Waals surface area contributed by atoms with E-state index in [0.717, 1.165) is 10.0 Å². The fourth-order valence-electron chi connectivity index (χ4n) is 1.75. The predicted octanol–water partition coefficient (Wildman–Crippen LogP) is 1.76. The largest absolute Gasteiger partial charge is 0.390 e. The van der Waals surface area contributed by atoms with Crippen molar-refractivity contribution in [2.75, 3.05) is 0 Å². The lowest BCUT2D eigenvalue weighted by Crippen LogP contribution is -2.22. The first-order valence-electron chi connectivity index (χ1n) is 5.92. The summed E-state index contributed by atoms with van der Waals surface area (Å²) in [5, 5.41) is 9.09. The zero-order valence-electron chi connectivity index (χ0n) is 10.9. The van der Waals surface area contributed by atoms with Crippen molar-refractivity contribution in [3.63, 3.8) is 0 Å². The van der Waals surface area contributed by atoms with E-state index in [1.54, 1.807) is 11.6 Å². The van der Waals surface area contributed by atoms with Crippen LogP contribution in [-0.4, -0.2) is 18.1 Å². The van der Waals surface area contributed by atoms with Crippen LogP contribution < -0.4 is 4.72 Å². The van der Waals surface area contributed by atoms with Crippen molar-refractivity contribution in [1.29, 1.82) is 0 Å². The number of aliphatic hydroxyl groups is 1. The Bertz CT molecular complexity index is 693. The maximum absolute atomic E-state index is 12.1. The van der Waals surface area contributed by atoms with Crippen molar-refractivity contribution in [2.45, 2.75) is 18.0 Å². The quantitative estimate of drug-likeness (QED) is 0.855. The fourth-order valence-corrected chi connectivity index (χ4v) is 3.12. The number of rotatable bonds is 5. The summed E-state index contributed by atoms with van der Waals surface area (Å²) >= 11 is 3.33. The number of aryl methyl sites for hydroxylation is 1. The highest BCUT2D eigenvalue weighted by molar-refractivity contribution is 9.10. The minimum atomic E-state index is -3.57. The lowest BCUT2D eigenvalue weighted by atomic mass is 10.2. The summed E-state index contributed by atoms with van der Waals surface area (Å²) in [5.41, 5.74) is 1.42. The first kappa shape index (κ1) is 15.2. The lowest BCUT2D eigenvalue weighted by molar-refractivity contribution is 0.272. The van der Waals surface area contributed by atoms with E-state index in [2.05, 4.69) is 20.7 Å². The highest BCUT2D eigenvalue weighted by Gasteiger charge is 2.16. The molecule has 0 fully saturated rings. The fraction of sp³-hybridized carbons (Fsp3) is 0.231. The van der Waals surface area contributed by atoms with E-state index in [4.69, 9.17) is 5.11 Å². The van der Waals surface area contributed by atoms with Gasteiger partial charge < -0.3 is 9.67 Å². The molecule has 1 aromatic carbocycles. The zero-order valence-corrected chi connectivity index (χ0v) is 13.3. The molecule has 0 aliphatic carbocycles. The Hall–Kier alpha value is -1.15. The molecule has 0 atom stereocenters. The number of sulfonamides is 1. The molecule has 2 rings (SSSR count). The highest BCUT2D eigenvalue weighted by atomic mass is 79.9. The first-order valence-corrected chi connectivity index (χ1v) is 8.20. The lowest BCUT2D eigenvalue weighted by Gasteiger charge is -2.05. The summed E-state index contributed by atoms with van der Waals surface area (Å²) in [6, 6.07) is 8.86. The second-order valence-corrected chi connectivity index (χ2v) is 7.07. The molecule has 0 spiro atoms. The van der Waals surface area contributed by atoms with Crippen LogP contribution in [0.3, 0.4) is 0 Å². The zero-order chi connectivity index (χ0) is 14.8. The molecule has 2 N–H and O–H groups in total. The number of aromatic nitrogens is 1. The van der Waals surface area contributed by atoms with Crippen molar-refractivity contribution in [3.05, 3.63) is 52.3 Å². The van der Waals surface area contributed by atoms with Gasteiger partial charge in [-0.25, -0.2) is 13.1 Å². The van der Waals surface area contributed by atoms with Crippen LogP contribution in [0.2, 0.25) is 0 Å². The Morgan fingerprint density at radius 3 is 2.50 bits per heavy atom. The monoisotopic (exact) mass is 358 g/mol. The Kier molecular flexibility index (Phi) is 4.64. The summed E-state index contributed by atoms with van der Waals surface area (Å²) in [6.07, 6.45) is 1.48. The number of nitrogens with one attached hydrogen (secondary N) is 1. The molecule has 2 aromatic rings. The molecule has 1 aromatic heterocycles. The molecule has 0 amide bonds. The molecule has 20 heavy (non-hydrogen) atoms. The molecule has 0 bridgehead atoms. The molecule has 0 saturated heterocycles. The van der Waals surface area contributed by atoms with Crippen molar-refractivity contribution in [2.24, 2.45) is 7.05 Å². The molecule has 5 nitrogen and oxygen atoms in total. The van der Waals surface area contributed by atoms with Gasteiger partial charge >= 0.3 is 0 Å². The topological polar surface area (TPSA) is 71.3 Å². The van der Waals surface area contributed by atoms with Crippen molar-refractivity contribution < 1.29 is 13.5 Å². The van der Waals surface area contributed by atoms with Crippen LogP contribution in [0.1, 0.15) is 11.3 Å². The third kappa shape index (κ3) is 3.49. The molecule has 7 heteroatoms. The van der Waals surface area contributed by atoms with Crippen LogP contribution >= 0.6 is 15.9 Å². The first-order chi connectivity index (χ1) is 9.42. The van der Waals surface area contributed by atoms with Gasteiger partial charge in [0.15, 0.2) is 0 Å². The summed E-state index contributed by atoms with van der Waals surface area (Å²) in [5.74, 6) is 0. The van der Waals surface area contributed by atoms with Gasteiger partial charge in [0.1, 0.15) is 0 Å². The normalized spacial score (nSPS) is 11.8. The van der Waals surface area contributed by atoms with Crippen LogP contribution in [0.5, 0.6) is 0 Å². The number of halogens is 1. The van der Waals surface area contributed by atoms with Crippen molar-refractivity contribution >= 4 is 26.0 Å². The molecule has 108 valence electrons. The van der Waals surface area contributed by atoms with Crippen LogP contribution in [-0.2, 0) is 30.2 Å². The van der Waals surface area contributed by atoms with E-state index < -0.39 is 10.0 Å². The maximum atomic E-state index is 12.1. The molecular weight excluding hydrogens is 344 g/mol. The Balaban J connectivity index is 2.12. The van der Waals surface area contributed by atoms with E-state index >= 15 is 0 Å². The predicted molar refractivity (Wildman–Crippen MR) is 79.5 cm³/mol. The van der Waals surface area contributed by atoms with Gasteiger partial charge in [-0.05, 0) is 23.8 Å². The summed E-state index contributed by atoms with van der Waals surface area (Å²) < 4.78 is 29.4. The van der Waals surface area contributed by atoms with Crippen LogP contribution in [0.25, 0.3) is 0 Å². The summed E-state index contributed by atoms with van der Waals surface area (Å²) in [6.45, 7) is 0.0255. The molecular formula is C13H15BrN2O3S. The van der Waals surface area contributed by atoms with E-state index in [-0.39, 0.29) is 18.0 Å². The standard InChI is InChI=1S/C13H15BrN2O3S/c1-16-8-13(6-12(16)9-17)20(18,19)15-7-10-2-4-11(14)5-3-10/h2-6,8,15,17H,7,9H2,1H3. The van der Waals surface area contributed by atoms with Gasteiger partial charge in [0.2, 0.25) is 10.0 Å². The van der Waals surface area contributed by atoms with Gasteiger partial charge in [0, 0.05) is 30.0 Å². The van der Waals surface area contributed by atoms with Gasteiger partial charge in [0.25, 0.3) is 0 Å². The molecule has 0 radical (unpaired) electrons. The van der Waals surface area contributed by atoms with E-state index in [1.807, 2.05) is 24.3 Å². The Morgan fingerprint density at radius 1 is 1.30 bits per heavy atom. The SMILES string of the molecule is Cn1cc(S(=O)(=O)NCc2ccc(Br)cc2)cc1CO. The summed E-state index contributed by atoms with van der Waals surface area (Å²) in [7, 11) is -1.88. The third-order valence-corrected chi connectivity index (χ3v) is 4.83. The number of aliphatic hydroxyl groups excluding tert-OH is 1. The molecule has 0 saturated carbocycles. The number of nitrogens with zero attached hydrogens (tertiary/aromatic N) is 1. The molecule has 1 heterocycles. The number of hydrogen-bond acceptors (Lipinski definition) is 3. The van der Waals surface area contributed by atoms with Gasteiger partial charge in [-0.2, -0.15) is 0 Å². The van der Waals surface area contributed by atoms with Crippen molar-refractivity contribution in [1.82, 2.24) is 9.29 Å². The van der Waals surface area contributed by atoms with Crippen LogP contribution in [0.4, 0.5) is 0 Å². The molecule has 0 unspecified atom stereocenters. The van der Waals surface area contributed by atoms with E-state index in [9.17, 15) is 8.42 Å². The van der Waals surface area contributed by atoms with Gasteiger partial charge in [0.05, 0.1) is 11.5 Å². The second kappa shape index (κ2) is 6.09. The van der Waals surface area contributed by atoms with Gasteiger partial charge in [-0.1, -0.05) is 28.1 Å². The smallest absolute Gasteiger partial charge is 0.242 e. The Labute approximate surface area is 126 Å². The minimum absolute atomic E-state index is 0.154. The van der Waals surface area contributed by atoms with Crippen LogP contribution in [0, 0.1) is 0 Å². The Morgan fingerprint density at radius 2 is 1.95 bits per heavy atom. The minimum Gasteiger partial charge on any atom is -0.390 e. The average molecular weight is 359 g/mol. The molecule has 0 aliphatic rings. The third-order valence-electron chi connectivity index (χ3n) is 2.93. The second-order valence-electron chi connectivity index (χ2n) is 4.39. The van der Waals surface area contributed by atoms with Gasteiger partial charge in [-0.15, -0.1) is 0 Å². The summed E-state index contributed by atoms with van der Waals surface area (Å²) in [4.78, 5) is 0.154. The van der Waals surface area contributed by atoms with Crippen LogP contribution in [0.15, 0.2) is 45.9 Å². The maximum Gasteiger partial charge on any atom is 0.242 e. The molecule has 0 aliphatic heterocycles. The highest BCUT2D eigenvalue weighted by Crippen LogP contribution is 2.15. The van der Waals surface area contributed by atoms with Crippen molar-refractivity contribution in [3.8, 4) is 0 Å². The van der Waals surface area contributed by atoms with E-state index in [0.29, 0.717) is 5.69 Å². The average Bonchev–Trinajstić information content (AvgIpc) is 2.80. The van der Waals surface area contributed by atoms with E-state index in [1.165, 1.54) is 12.3 Å².